The Labute approximate surface area is 93.5 Å². The van der Waals surface area contributed by atoms with Crippen molar-refractivity contribution >= 4 is 10.4 Å². The number of aromatic nitrogens is 1. The summed E-state index contributed by atoms with van der Waals surface area (Å²) in [5, 5.41) is 0. The largest absolute Gasteiger partial charge is 0.501 e. The number of rotatable bonds is 1. The lowest BCUT2D eigenvalue weighted by Gasteiger charge is -2.09. The van der Waals surface area contributed by atoms with Gasteiger partial charge >= 0.3 is 16.6 Å². The first-order chi connectivity index (χ1) is 7.74. The summed E-state index contributed by atoms with van der Waals surface area (Å²) in [4.78, 5) is 3.39. The monoisotopic (exact) mass is 270 g/mol. The number of halogens is 3. The number of hydrogen-bond acceptors (Lipinski definition) is 6. The third kappa shape index (κ3) is 2.00. The van der Waals surface area contributed by atoms with Gasteiger partial charge in [0.25, 0.3) is 0 Å². The predicted octanol–water partition coefficient (Wildman–Crippen LogP) is 0.575. The number of alkyl halides is 3. The van der Waals surface area contributed by atoms with Crippen LogP contribution in [0.25, 0.3) is 0 Å². The summed E-state index contributed by atoms with van der Waals surface area (Å²) >= 11 is 0. The van der Waals surface area contributed by atoms with E-state index in [2.05, 4.69) is 13.4 Å². The Bertz CT molecular complexity index is 569. The molecule has 0 amide bonds. The molecule has 0 aromatic carbocycles. The molecule has 1 aromatic heterocycles. The molecule has 2 heterocycles. The summed E-state index contributed by atoms with van der Waals surface area (Å²) in [6.07, 6.45) is -4.35. The fourth-order valence-corrected chi connectivity index (χ4v) is 2.03. The Morgan fingerprint density at radius 2 is 1.88 bits per heavy atom. The van der Waals surface area contributed by atoms with Gasteiger partial charge in [-0.3, -0.25) is 4.98 Å². The second-order valence-corrected chi connectivity index (χ2v) is 4.20. The van der Waals surface area contributed by atoms with Crippen LogP contribution in [0.2, 0.25) is 0 Å². The average Bonchev–Trinajstić information content (AvgIpc) is 2.48. The SMILES string of the molecule is NCc1ncc(C(F)(F)F)c2c1OS(=O)(=O)O2. The maximum atomic E-state index is 12.5. The van der Waals surface area contributed by atoms with Crippen molar-refractivity contribution in [1.29, 1.82) is 0 Å². The van der Waals surface area contributed by atoms with Gasteiger partial charge in [0.2, 0.25) is 11.5 Å². The van der Waals surface area contributed by atoms with E-state index in [1.54, 1.807) is 0 Å². The molecule has 0 saturated carbocycles. The molecule has 2 rings (SSSR count). The van der Waals surface area contributed by atoms with Crippen molar-refractivity contribution in [3.63, 3.8) is 0 Å². The molecule has 1 aliphatic rings. The molecule has 0 saturated heterocycles. The first kappa shape index (κ1) is 11.9. The van der Waals surface area contributed by atoms with Crippen molar-refractivity contribution < 1.29 is 30.0 Å². The lowest BCUT2D eigenvalue weighted by atomic mass is 10.2. The molecular weight excluding hydrogens is 265 g/mol. The summed E-state index contributed by atoms with van der Waals surface area (Å²) in [7, 11) is -4.52. The van der Waals surface area contributed by atoms with Crippen molar-refractivity contribution in [3.05, 3.63) is 17.5 Å². The Morgan fingerprint density at radius 1 is 1.29 bits per heavy atom. The first-order valence-corrected chi connectivity index (χ1v) is 5.51. The minimum absolute atomic E-state index is 0.130. The summed E-state index contributed by atoms with van der Waals surface area (Å²) in [5.74, 6) is -1.53. The highest BCUT2D eigenvalue weighted by Gasteiger charge is 2.43. The molecule has 17 heavy (non-hydrogen) atoms. The Hall–Kier alpha value is -1.55. The topological polar surface area (TPSA) is 91.5 Å². The van der Waals surface area contributed by atoms with Crippen molar-refractivity contribution in [1.82, 2.24) is 4.98 Å². The van der Waals surface area contributed by atoms with Gasteiger partial charge in [0, 0.05) is 12.7 Å². The highest BCUT2D eigenvalue weighted by Crippen LogP contribution is 2.46. The van der Waals surface area contributed by atoms with Gasteiger partial charge in [-0.2, -0.15) is 13.2 Å². The van der Waals surface area contributed by atoms with Crippen LogP contribution in [-0.4, -0.2) is 13.4 Å². The van der Waals surface area contributed by atoms with Crippen LogP contribution in [0.1, 0.15) is 11.3 Å². The van der Waals surface area contributed by atoms with Gasteiger partial charge < -0.3 is 14.1 Å². The zero-order valence-electron chi connectivity index (χ0n) is 7.98. The van der Waals surface area contributed by atoms with Crippen LogP contribution in [-0.2, 0) is 23.1 Å². The van der Waals surface area contributed by atoms with Crippen LogP contribution < -0.4 is 14.1 Å². The number of fused-ring (bicyclic) bond motifs is 1. The Morgan fingerprint density at radius 3 is 2.41 bits per heavy atom. The molecule has 1 aliphatic heterocycles. The van der Waals surface area contributed by atoms with Crippen LogP contribution in [0.15, 0.2) is 6.20 Å². The van der Waals surface area contributed by atoms with E-state index >= 15 is 0 Å². The first-order valence-electron chi connectivity index (χ1n) is 4.17. The van der Waals surface area contributed by atoms with Gasteiger partial charge in [-0.25, -0.2) is 0 Å². The second-order valence-electron chi connectivity index (χ2n) is 3.05. The smallest absolute Gasteiger partial charge is 0.348 e. The average molecular weight is 270 g/mol. The van der Waals surface area contributed by atoms with Gasteiger partial charge in [-0.15, -0.1) is 8.42 Å². The molecular formula is C7H5F3N2O4S. The fraction of sp³-hybridized carbons (Fsp3) is 0.286. The molecule has 2 N–H and O–H groups in total. The van der Waals surface area contributed by atoms with E-state index in [-0.39, 0.29) is 12.2 Å². The molecule has 94 valence electrons. The summed E-state index contributed by atoms with van der Waals surface area (Å²) < 4.78 is 67.9. The lowest BCUT2D eigenvalue weighted by Crippen LogP contribution is -2.10. The number of nitrogens with two attached hydrogens (primary N) is 1. The van der Waals surface area contributed by atoms with E-state index in [0.29, 0.717) is 6.20 Å². The minimum Gasteiger partial charge on any atom is -0.348 e. The maximum absolute atomic E-state index is 12.5. The van der Waals surface area contributed by atoms with Crippen molar-refractivity contribution in [2.24, 2.45) is 5.73 Å². The summed E-state index contributed by atoms with van der Waals surface area (Å²) in [6.45, 7) is -0.278. The predicted molar refractivity (Wildman–Crippen MR) is 47.3 cm³/mol. The maximum Gasteiger partial charge on any atom is 0.501 e. The van der Waals surface area contributed by atoms with Crippen molar-refractivity contribution in [2.75, 3.05) is 0 Å². The van der Waals surface area contributed by atoms with E-state index in [1.807, 2.05) is 0 Å². The number of hydrogen-bond donors (Lipinski definition) is 1. The number of pyridine rings is 1. The molecule has 0 aliphatic carbocycles. The van der Waals surface area contributed by atoms with Crippen molar-refractivity contribution in [3.8, 4) is 11.5 Å². The van der Waals surface area contributed by atoms with E-state index in [0.717, 1.165) is 0 Å². The van der Waals surface area contributed by atoms with E-state index in [9.17, 15) is 21.6 Å². The molecule has 6 nitrogen and oxygen atoms in total. The summed E-state index contributed by atoms with van der Waals surface area (Å²) in [6, 6.07) is 0. The second kappa shape index (κ2) is 3.47. The van der Waals surface area contributed by atoms with Crippen LogP contribution in [0, 0.1) is 0 Å². The van der Waals surface area contributed by atoms with Gasteiger partial charge in [-0.05, 0) is 0 Å². The van der Waals surface area contributed by atoms with Gasteiger partial charge in [-0.1, -0.05) is 0 Å². The van der Waals surface area contributed by atoms with Gasteiger partial charge in [0.05, 0.1) is 0 Å². The van der Waals surface area contributed by atoms with Crippen LogP contribution >= 0.6 is 0 Å². The van der Waals surface area contributed by atoms with E-state index in [4.69, 9.17) is 5.73 Å². The normalized spacial score (nSPS) is 17.2. The van der Waals surface area contributed by atoms with Gasteiger partial charge in [0.15, 0.2) is 0 Å². The highest BCUT2D eigenvalue weighted by atomic mass is 32.3. The third-order valence-electron chi connectivity index (χ3n) is 1.93. The zero-order valence-corrected chi connectivity index (χ0v) is 8.80. The fourth-order valence-electron chi connectivity index (χ4n) is 1.25. The summed E-state index contributed by atoms with van der Waals surface area (Å²) in [5.41, 5.74) is 3.74. The lowest BCUT2D eigenvalue weighted by molar-refractivity contribution is -0.138. The molecule has 0 unspecified atom stereocenters. The highest BCUT2D eigenvalue weighted by molar-refractivity contribution is 7.82. The van der Waals surface area contributed by atoms with Crippen LogP contribution in [0.4, 0.5) is 13.2 Å². The molecule has 0 bridgehead atoms. The Balaban J connectivity index is 2.68. The molecule has 10 heteroatoms. The minimum atomic E-state index is -4.80. The quantitative estimate of drug-likeness (QED) is 0.802. The van der Waals surface area contributed by atoms with Crippen LogP contribution in [0.5, 0.6) is 11.5 Å². The third-order valence-corrected chi connectivity index (χ3v) is 2.67. The van der Waals surface area contributed by atoms with Crippen LogP contribution in [0.3, 0.4) is 0 Å². The van der Waals surface area contributed by atoms with Crippen molar-refractivity contribution in [2.45, 2.75) is 12.7 Å². The molecule has 1 aromatic rings. The Kier molecular flexibility index (Phi) is 2.43. The van der Waals surface area contributed by atoms with E-state index < -0.39 is 33.6 Å². The molecule has 0 spiro atoms. The molecule has 0 fully saturated rings. The molecule has 0 atom stereocenters. The molecule has 0 radical (unpaired) electrons. The van der Waals surface area contributed by atoms with Gasteiger partial charge in [0.1, 0.15) is 11.3 Å². The van der Waals surface area contributed by atoms with E-state index in [1.165, 1.54) is 0 Å². The number of nitrogens with zero attached hydrogens (tertiary/aromatic N) is 1. The zero-order chi connectivity index (χ0) is 12.8. The standard InChI is InChI=1S/C7H5F3N2O4S/c8-7(9,10)3-2-12-4(1-11)6-5(3)15-17(13,14)16-6/h2H,1,11H2.